The van der Waals surface area contributed by atoms with Crippen molar-refractivity contribution in [2.24, 2.45) is 11.8 Å². The van der Waals surface area contributed by atoms with Gasteiger partial charge in [0, 0.05) is 36.4 Å². The number of aliphatic carboxylic acids is 1. The molecule has 168 valence electrons. The third-order valence-corrected chi connectivity index (χ3v) is 7.46. The summed E-state index contributed by atoms with van der Waals surface area (Å²) in [6, 6.07) is 6.10. The number of nitrogens with zero attached hydrogens (tertiary/aromatic N) is 2. The van der Waals surface area contributed by atoms with Crippen molar-refractivity contribution in [2.45, 2.75) is 43.4 Å². The van der Waals surface area contributed by atoms with E-state index in [-0.39, 0.29) is 28.7 Å². The average Bonchev–Trinajstić information content (AvgIpc) is 3.61. The summed E-state index contributed by atoms with van der Waals surface area (Å²) in [5.41, 5.74) is 1.65. The van der Waals surface area contributed by atoms with Gasteiger partial charge in [0.05, 0.1) is 12.0 Å². The van der Waals surface area contributed by atoms with Crippen LogP contribution in [0, 0.1) is 17.7 Å². The zero-order chi connectivity index (χ0) is 22.0. The van der Waals surface area contributed by atoms with Crippen molar-refractivity contribution in [3.05, 3.63) is 47.3 Å². The van der Waals surface area contributed by atoms with E-state index >= 15 is 0 Å². The Morgan fingerprint density at radius 3 is 2.45 bits per heavy atom. The Balaban J connectivity index is 1.46. The van der Waals surface area contributed by atoms with Crippen LogP contribution in [0.4, 0.5) is 4.39 Å². The molecular formula is C24H31FN2O3S. The van der Waals surface area contributed by atoms with Crippen LogP contribution in [0.1, 0.15) is 43.7 Å². The van der Waals surface area contributed by atoms with Crippen molar-refractivity contribution in [3.63, 3.8) is 0 Å². The Labute approximate surface area is 188 Å². The van der Waals surface area contributed by atoms with E-state index < -0.39 is 12.0 Å². The molecule has 31 heavy (non-hydrogen) atoms. The van der Waals surface area contributed by atoms with Gasteiger partial charge in [0.1, 0.15) is 5.82 Å². The summed E-state index contributed by atoms with van der Waals surface area (Å²) in [5, 5.41) is 9.31. The van der Waals surface area contributed by atoms with Gasteiger partial charge in [-0.3, -0.25) is 19.4 Å². The van der Waals surface area contributed by atoms with Gasteiger partial charge >= 0.3 is 5.97 Å². The fourth-order valence-corrected chi connectivity index (χ4v) is 5.04. The summed E-state index contributed by atoms with van der Waals surface area (Å²) in [7, 11) is 0. The zero-order valence-corrected chi connectivity index (χ0v) is 18.6. The molecule has 3 aliphatic rings. The first-order valence-electron chi connectivity index (χ1n) is 11.3. The Morgan fingerprint density at radius 2 is 1.81 bits per heavy atom. The normalized spacial score (nSPS) is 26.1. The number of likely N-dealkylation sites (tertiary alicyclic amines) is 2. The number of carboxylic acids is 1. The summed E-state index contributed by atoms with van der Waals surface area (Å²) in [6.07, 6.45) is 6.17. The number of hydrogen-bond donors (Lipinski definition) is 2. The van der Waals surface area contributed by atoms with Crippen LogP contribution < -0.4 is 0 Å². The fourth-order valence-electron chi connectivity index (χ4n) is 4.74. The lowest BCUT2D eigenvalue weighted by molar-refractivity contribution is -0.143. The number of carbonyl (C=O) groups is 2. The van der Waals surface area contributed by atoms with E-state index in [0.717, 1.165) is 38.9 Å². The number of piperidine rings is 2. The molecule has 2 saturated heterocycles. The number of thiol groups is 1. The smallest absolute Gasteiger partial charge is 0.306 e. The van der Waals surface area contributed by atoms with Crippen LogP contribution >= 0.6 is 12.6 Å². The summed E-state index contributed by atoms with van der Waals surface area (Å²) in [5.74, 6) is -1.06. The van der Waals surface area contributed by atoms with Crippen molar-refractivity contribution >= 4 is 24.4 Å². The third kappa shape index (κ3) is 5.38. The minimum Gasteiger partial charge on any atom is -0.481 e. The molecule has 5 nitrogen and oxygen atoms in total. The highest BCUT2D eigenvalue weighted by molar-refractivity contribution is 7.81. The van der Waals surface area contributed by atoms with E-state index in [4.69, 9.17) is 12.6 Å². The number of hydrogen-bond acceptors (Lipinski definition) is 5. The third-order valence-electron chi connectivity index (χ3n) is 6.87. The quantitative estimate of drug-likeness (QED) is 0.495. The highest BCUT2D eigenvalue weighted by Crippen LogP contribution is 2.39. The second kappa shape index (κ2) is 9.84. The Bertz CT molecular complexity index is 849. The monoisotopic (exact) mass is 446 g/mol. The van der Waals surface area contributed by atoms with Gasteiger partial charge in [0.15, 0.2) is 5.78 Å². The lowest BCUT2D eigenvalue weighted by Crippen LogP contribution is -2.43. The van der Waals surface area contributed by atoms with Gasteiger partial charge in [0.2, 0.25) is 0 Å². The van der Waals surface area contributed by atoms with E-state index in [1.807, 2.05) is 0 Å². The molecule has 0 bridgehead atoms. The van der Waals surface area contributed by atoms with E-state index in [1.54, 1.807) is 18.2 Å². The Kier molecular flexibility index (Phi) is 7.14. The van der Waals surface area contributed by atoms with Crippen LogP contribution in [-0.2, 0) is 9.59 Å². The van der Waals surface area contributed by atoms with Gasteiger partial charge in [-0.05, 0) is 56.8 Å². The average molecular weight is 447 g/mol. The topological polar surface area (TPSA) is 60.9 Å². The van der Waals surface area contributed by atoms with Crippen molar-refractivity contribution in [3.8, 4) is 0 Å². The van der Waals surface area contributed by atoms with Crippen LogP contribution in [0.15, 0.2) is 35.9 Å². The molecule has 0 aromatic heterocycles. The van der Waals surface area contributed by atoms with Gasteiger partial charge < -0.3 is 5.11 Å². The minimum atomic E-state index is -0.698. The second-order valence-electron chi connectivity index (χ2n) is 9.07. The second-order valence-corrected chi connectivity index (χ2v) is 9.69. The molecule has 2 heterocycles. The molecule has 2 atom stereocenters. The molecule has 2 aliphatic heterocycles. The molecule has 3 fully saturated rings. The van der Waals surface area contributed by atoms with Crippen molar-refractivity contribution in [1.29, 1.82) is 0 Å². The van der Waals surface area contributed by atoms with E-state index in [1.165, 1.54) is 11.6 Å². The van der Waals surface area contributed by atoms with Crippen molar-refractivity contribution < 1.29 is 19.1 Å². The molecule has 1 aromatic carbocycles. The molecule has 7 heteroatoms. The SMILES string of the molecule is O=C(O)C1CCN(C/C=C2\CN(C(C(=O)C3CC3)c3ccccc3F)CCC2S)CC1. The largest absolute Gasteiger partial charge is 0.481 e. The molecule has 4 rings (SSSR count). The first kappa shape index (κ1) is 22.5. The summed E-state index contributed by atoms with van der Waals surface area (Å²) in [6.45, 7) is 3.64. The molecule has 1 N–H and O–H groups in total. The number of rotatable bonds is 7. The lowest BCUT2D eigenvalue weighted by Gasteiger charge is -2.38. The van der Waals surface area contributed by atoms with Crippen molar-refractivity contribution in [2.75, 3.05) is 32.7 Å². The maximum absolute atomic E-state index is 14.6. The predicted molar refractivity (Wildman–Crippen MR) is 121 cm³/mol. The number of carboxylic acid groups (broad SMARTS) is 1. The maximum atomic E-state index is 14.6. The molecular weight excluding hydrogens is 415 g/mol. The summed E-state index contributed by atoms with van der Waals surface area (Å²) < 4.78 is 14.6. The molecule has 1 aromatic rings. The van der Waals surface area contributed by atoms with Crippen LogP contribution in [0.5, 0.6) is 0 Å². The molecule has 0 spiro atoms. The van der Waals surface area contributed by atoms with Crippen LogP contribution in [0.25, 0.3) is 0 Å². The van der Waals surface area contributed by atoms with Crippen LogP contribution in [-0.4, -0.2) is 64.6 Å². The number of Topliss-reactive ketones (excluding diaryl/α,β-unsaturated/α-hetero) is 1. The van der Waals surface area contributed by atoms with E-state index in [0.29, 0.717) is 31.5 Å². The highest BCUT2D eigenvalue weighted by Gasteiger charge is 2.40. The van der Waals surface area contributed by atoms with Gasteiger partial charge in [-0.2, -0.15) is 12.6 Å². The van der Waals surface area contributed by atoms with E-state index in [9.17, 15) is 19.1 Å². The Hall–Kier alpha value is -1.70. The molecule has 0 amide bonds. The number of benzene rings is 1. The van der Waals surface area contributed by atoms with E-state index in [2.05, 4.69) is 15.9 Å². The lowest BCUT2D eigenvalue weighted by atomic mass is 9.93. The summed E-state index contributed by atoms with van der Waals surface area (Å²) in [4.78, 5) is 28.7. The Morgan fingerprint density at radius 1 is 1.10 bits per heavy atom. The fraction of sp³-hybridized carbons (Fsp3) is 0.583. The summed E-state index contributed by atoms with van der Waals surface area (Å²) >= 11 is 4.77. The molecule has 2 unspecified atom stereocenters. The molecule has 1 saturated carbocycles. The maximum Gasteiger partial charge on any atom is 0.306 e. The number of carbonyl (C=O) groups excluding carboxylic acids is 1. The first-order valence-corrected chi connectivity index (χ1v) is 11.8. The van der Waals surface area contributed by atoms with Crippen LogP contribution in [0.2, 0.25) is 0 Å². The molecule has 1 aliphatic carbocycles. The van der Waals surface area contributed by atoms with Gasteiger partial charge in [-0.15, -0.1) is 0 Å². The number of ketones is 1. The van der Waals surface area contributed by atoms with Crippen molar-refractivity contribution in [1.82, 2.24) is 9.80 Å². The van der Waals surface area contributed by atoms with Gasteiger partial charge in [0.25, 0.3) is 0 Å². The minimum absolute atomic E-state index is 0.0568. The first-order chi connectivity index (χ1) is 14.9. The predicted octanol–water partition coefficient (Wildman–Crippen LogP) is 3.57. The zero-order valence-electron chi connectivity index (χ0n) is 17.8. The van der Waals surface area contributed by atoms with Gasteiger partial charge in [-0.25, -0.2) is 4.39 Å². The standard InChI is InChI=1S/C24H31FN2O3S/c25-20-4-2-1-3-19(20)22(23(28)16-5-6-16)27-14-10-21(31)18(15-27)9-13-26-11-7-17(8-12-26)24(29)30/h1-4,9,16-17,21-22,31H,5-8,10-15H2,(H,29,30)/b18-9+. The molecule has 0 radical (unpaired) electrons. The number of halogens is 1. The highest BCUT2D eigenvalue weighted by atomic mass is 32.1. The van der Waals surface area contributed by atoms with Gasteiger partial charge in [-0.1, -0.05) is 24.3 Å². The van der Waals surface area contributed by atoms with Crippen LogP contribution in [0.3, 0.4) is 0 Å².